The van der Waals surface area contributed by atoms with Crippen molar-refractivity contribution < 1.29 is 0 Å². The molecule has 1 aromatic rings. The average molecular weight is 276 g/mol. The topological polar surface area (TPSA) is 49.8 Å². The second kappa shape index (κ2) is 7.46. The van der Waals surface area contributed by atoms with Crippen molar-refractivity contribution in [3.05, 3.63) is 11.9 Å². The van der Waals surface area contributed by atoms with Gasteiger partial charge in [0, 0.05) is 25.1 Å². The number of anilines is 2. The Kier molecular flexibility index (Phi) is 5.62. The normalized spacial score (nSPS) is 22.6. The summed E-state index contributed by atoms with van der Waals surface area (Å²) < 4.78 is 0. The molecule has 112 valence electrons. The van der Waals surface area contributed by atoms with E-state index in [0.717, 1.165) is 42.8 Å². The Hall–Kier alpha value is -1.32. The molecule has 2 rings (SSSR count). The summed E-state index contributed by atoms with van der Waals surface area (Å²) in [5.74, 6) is 3.67. The van der Waals surface area contributed by atoms with Gasteiger partial charge < -0.3 is 10.6 Å². The Morgan fingerprint density at radius 2 is 2.00 bits per heavy atom. The van der Waals surface area contributed by atoms with Crippen LogP contribution in [0, 0.1) is 5.92 Å². The lowest BCUT2D eigenvalue weighted by Crippen LogP contribution is -2.27. The number of nitrogens with zero attached hydrogens (tertiary/aromatic N) is 2. The van der Waals surface area contributed by atoms with Gasteiger partial charge in [-0.05, 0) is 25.2 Å². The van der Waals surface area contributed by atoms with Crippen LogP contribution in [0.15, 0.2) is 6.07 Å². The number of aromatic nitrogens is 2. The number of rotatable bonds is 6. The maximum atomic E-state index is 4.62. The summed E-state index contributed by atoms with van der Waals surface area (Å²) in [5, 5.41) is 6.98. The Bertz CT molecular complexity index is 419. The molecule has 0 spiro atoms. The smallest absolute Gasteiger partial charge is 0.132 e. The van der Waals surface area contributed by atoms with Crippen molar-refractivity contribution >= 4 is 11.6 Å². The standard InChI is InChI=1S/C16H28N4/c1-4-9-17-15-11-16(20-14(5-2)19-15)18-13-8-6-7-12(3)10-13/h11-13H,4-10H2,1-3H3,(H2,17,18,19,20). The molecule has 1 aliphatic carbocycles. The number of hydrogen-bond donors (Lipinski definition) is 2. The first-order chi connectivity index (χ1) is 9.71. The predicted octanol–water partition coefficient (Wildman–Crippen LogP) is 3.85. The van der Waals surface area contributed by atoms with Gasteiger partial charge in [-0.15, -0.1) is 0 Å². The van der Waals surface area contributed by atoms with Crippen LogP contribution in [0.4, 0.5) is 11.6 Å². The van der Waals surface area contributed by atoms with E-state index in [2.05, 4.69) is 41.4 Å². The van der Waals surface area contributed by atoms with Crippen molar-refractivity contribution in [3.8, 4) is 0 Å². The molecule has 1 aromatic heterocycles. The minimum Gasteiger partial charge on any atom is -0.370 e. The van der Waals surface area contributed by atoms with Crippen LogP contribution in [0.1, 0.15) is 58.7 Å². The number of aryl methyl sites for hydroxylation is 1. The molecular weight excluding hydrogens is 248 g/mol. The van der Waals surface area contributed by atoms with E-state index >= 15 is 0 Å². The zero-order valence-corrected chi connectivity index (χ0v) is 13.1. The predicted molar refractivity (Wildman–Crippen MR) is 85.2 cm³/mol. The quantitative estimate of drug-likeness (QED) is 0.828. The van der Waals surface area contributed by atoms with E-state index in [1.165, 1.54) is 25.7 Å². The van der Waals surface area contributed by atoms with Crippen LogP contribution in [0.3, 0.4) is 0 Å². The highest BCUT2D eigenvalue weighted by atomic mass is 15.1. The van der Waals surface area contributed by atoms with Crippen LogP contribution >= 0.6 is 0 Å². The third kappa shape index (κ3) is 4.36. The van der Waals surface area contributed by atoms with Crippen LogP contribution in [0.2, 0.25) is 0 Å². The fourth-order valence-electron chi connectivity index (χ4n) is 2.85. The summed E-state index contributed by atoms with van der Waals surface area (Å²) in [6, 6.07) is 2.62. The van der Waals surface area contributed by atoms with Crippen LogP contribution < -0.4 is 10.6 Å². The molecule has 2 atom stereocenters. The molecule has 0 bridgehead atoms. The monoisotopic (exact) mass is 276 g/mol. The van der Waals surface area contributed by atoms with Crippen LogP contribution in [-0.4, -0.2) is 22.6 Å². The summed E-state index contributed by atoms with van der Waals surface area (Å²) in [5.41, 5.74) is 0. The van der Waals surface area contributed by atoms with Crippen molar-refractivity contribution in [2.24, 2.45) is 5.92 Å². The minimum absolute atomic E-state index is 0.567. The van der Waals surface area contributed by atoms with Crippen LogP contribution in [0.5, 0.6) is 0 Å². The summed E-state index contributed by atoms with van der Waals surface area (Å²) in [4.78, 5) is 9.15. The molecule has 4 heteroatoms. The van der Waals surface area contributed by atoms with Gasteiger partial charge in [0.25, 0.3) is 0 Å². The lowest BCUT2D eigenvalue weighted by Gasteiger charge is -2.28. The molecule has 0 aliphatic heterocycles. The zero-order valence-electron chi connectivity index (χ0n) is 13.1. The highest BCUT2D eigenvalue weighted by Gasteiger charge is 2.19. The molecule has 4 nitrogen and oxygen atoms in total. The van der Waals surface area contributed by atoms with Crippen molar-refractivity contribution in [1.29, 1.82) is 0 Å². The first-order valence-corrected chi connectivity index (χ1v) is 8.09. The van der Waals surface area contributed by atoms with Gasteiger partial charge >= 0.3 is 0 Å². The molecule has 2 unspecified atom stereocenters. The third-order valence-electron chi connectivity index (χ3n) is 3.93. The molecule has 1 heterocycles. The van der Waals surface area contributed by atoms with Gasteiger partial charge in [-0.25, -0.2) is 9.97 Å². The van der Waals surface area contributed by atoms with Gasteiger partial charge in [0.15, 0.2) is 0 Å². The molecule has 0 amide bonds. The SMILES string of the molecule is CCCNc1cc(NC2CCCC(C)C2)nc(CC)n1. The Labute approximate surface area is 122 Å². The van der Waals surface area contributed by atoms with Crippen molar-refractivity contribution in [1.82, 2.24) is 9.97 Å². The molecule has 1 saturated carbocycles. The van der Waals surface area contributed by atoms with Gasteiger partial charge in [0.2, 0.25) is 0 Å². The van der Waals surface area contributed by atoms with Gasteiger partial charge in [-0.1, -0.05) is 33.6 Å². The lowest BCUT2D eigenvalue weighted by molar-refractivity contribution is 0.358. The zero-order chi connectivity index (χ0) is 14.4. The van der Waals surface area contributed by atoms with Crippen LogP contribution in [0.25, 0.3) is 0 Å². The van der Waals surface area contributed by atoms with Gasteiger partial charge in [0.05, 0.1) is 0 Å². The fraction of sp³-hybridized carbons (Fsp3) is 0.750. The molecule has 0 saturated heterocycles. The maximum absolute atomic E-state index is 4.62. The van der Waals surface area contributed by atoms with Gasteiger partial charge in [0.1, 0.15) is 17.5 Å². The Morgan fingerprint density at radius 3 is 2.70 bits per heavy atom. The fourth-order valence-corrected chi connectivity index (χ4v) is 2.85. The number of nitrogens with one attached hydrogen (secondary N) is 2. The lowest BCUT2D eigenvalue weighted by atomic mass is 9.87. The molecule has 20 heavy (non-hydrogen) atoms. The first kappa shape index (κ1) is 15.1. The van der Waals surface area contributed by atoms with E-state index in [0.29, 0.717) is 6.04 Å². The molecule has 0 aromatic carbocycles. The Morgan fingerprint density at radius 1 is 1.20 bits per heavy atom. The summed E-state index contributed by atoms with van der Waals surface area (Å²) >= 11 is 0. The second-order valence-corrected chi connectivity index (χ2v) is 5.95. The minimum atomic E-state index is 0.567. The molecule has 1 fully saturated rings. The number of hydrogen-bond acceptors (Lipinski definition) is 4. The highest BCUT2D eigenvalue weighted by molar-refractivity contribution is 5.48. The van der Waals surface area contributed by atoms with E-state index < -0.39 is 0 Å². The van der Waals surface area contributed by atoms with E-state index in [9.17, 15) is 0 Å². The van der Waals surface area contributed by atoms with E-state index in [1.54, 1.807) is 0 Å². The van der Waals surface area contributed by atoms with Gasteiger partial charge in [-0.2, -0.15) is 0 Å². The van der Waals surface area contributed by atoms with Crippen molar-refractivity contribution in [2.75, 3.05) is 17.2 Å². The molecular formula is C16H28N4. The Balaban J connectivity index is 2.05. The maximum Gasteiger partial charge on any atom is 0.132 e. The second-order valence-electron chi connectivity index (χ2n) is 5.95. The van der Waals surface area contributed by atoms with E-state index in [4.69, 9.17) is 0 Å². The van der Waals surface area contributed by atoms with Crippen LogP contribution in [-0.2, 0) is 6.42 Å². The van der Waals surface area contributed by atoms with Crippen molar-refractivity contribution in [2.45, 2.75) is 65.3 Å². The summed E-state index contributed by atoms with van der Waals surface area (Å²) in [7, 11) is 0. The third-order valence-corrected chi connectivity index (χ3v) is 3.93. The van der Waals surface area contributed by atoms with E-state index in [1.807, 2.05) is 6.07 Å². The molecule has 2 N–H and O–H groups in total. The first-order valence-electron chi connectivity index (χ1n) is 8.09. The molecule has 0 radical (unpaired) electrons. The summed E-state index contributed by atoms with van der Waals surface area (Å²) in [6.45, 7) is 7.57. The van der Waals surface area contributed by atoms with Gasteiger partial charge in [-0.3, -0.25) is 0 Å². The van der Waals surface area contributed by atoms with Crippen molar-refractivity contribution in [3.63, 3.8) is 0 Å². The highest BCUT2D eigenvalue weighted by Crippen LogP contribution is 2.26. The average Bonchev–Trinajstić information content (AvgIpc) is 2.45. The largest absolute Gasteiger partial charge is 0.370 e. The van der Waals surface area contributed by atoms with E-state index in [-0.39, 0.29) is 0 Å². The molecule has 1 aliphatic rings. The summed E-state index contributed by atoms with van der Waals surface area (Å²) in [6.07, 6.45) is 7.18.